The molecule has 11 heteroatoms. The van der Waals surface area contributed by atoms with E-state index in [1.165, 1.54) is 4.90 Å². The number of ketones is 2. The van der Waals surface area contributed by atoms with Gasteiger partial charge in [0.2, 0.25) is 5.78 Å². The van der Waals surface area contributed by atoms with Crippen LogP contribution in [0, 0.1) is 11.8 Å². The number of carbonyl (C=O) groups excluding carboxylic acids is 3. The van der Waals surface area contributed by atoms with E-state index >= 15 is 0 Å². The summed E-state index contributed by atoms with van der Waals surface area (Å²) in [6.07, 6.45) is 2.40. The molecule has 0 bridgehead atoms. The number of hydrogen-bond acceptors (Lipinski definition) is 10. The number of aliphatic hydroxyl groups is 3. The Bertz CT molecular complexity index is 1400. The number of nitrogens with two attached hydrogens (primary N) is 1. The summed E-state index contributed by atoms with van der Waals surface area (Å²) in [6.45, 7) is 4.74. The number of nitrogens with zero attached hydrogens (tertiary/aromatic N) is 3. The molecule has 1 aromatic carbocycles. The second-order valence-corrected chi connectivity index (χ2v) is 12.6. The molecule has 0 radical (unpaired) electrons. The smallest absolute Gasteiger partial charge is 0.255 e. The normalized spacial score (nSPS) is 31.9. The van der Waals surface area contributed by atoms with Crippen molar-refractivity contribution in [3.63, 3.8) is 0 Å². The fraction of sp³-hybridized carbons (Fsp3) is 0.567. The van der Waals surface area contributed by atoms with Gasteiger partial charge >= 0.3 is 0 Å². The lowest BCUT2D eigenvalue weighted by molar-refractivity contribution is -0.153. The van der Waals surface area contributed by atoms with Gasteiger partial charge in [0.1, 0.15) is 22.8 Å². The number of likely N-dealkylation sites (N-methyl/N-ethyl adjacent to an activating group) is 1. The third-order valence-electron chi connectivity index (χ3n) is 9.75. The quantitative estimate of drug-likeness (QED) is 0.328. The number of phenolic OH excluding ortho intramolecular Hbond substituents is 1. The van der Waals surface area contributed by atoms with Crippen LogP contribution < -0.4 is 10.6 Å². The van der Waals surface area contributed by atoms with Crippen molar-refractivity contribution in [2.75, 3.05) is 33.1 Å². The largest absolute Gasteiger partial charge is 0.508 e. The number of hydrogen-bond donors (Lipinski definition) is 5. The first-order valence-electron chi connectivity index (χ1n) is 14.1. The third kappa shape index (κ3) is 4.08. The number of likely N-dealkylation sites (tertiary alicyclic amines) is 1. The zero-order valence-electron chi connectivity index (χ0n) is 24.4. The van der Waals surface area contributed by atoms with Gasteiger partial charge in [-0.1, -0.05) is 0 Å². The van der Waals surface area contributed by atoms with Crippen LogP contribution in [0.25, 0.3) is 5.76 Å². The van der Waals surface area contributed by atoms with Crippen LogP contribution >= 0.6 is 0 Å². The SMILES string of the molecule is CC1CCC(C)N1Cc1cc(N(C)C)c2c(c1O)C(O)=C1C(=O)[C@]3(O)C(O)=C(C(N)=O)C(=O)[C@@H](N(C)C)[C@@H]3C[C@@H]1C2. The van der Waals surface area contributed by atoms with E-state index in [1.807, 2.05) is 25.1 Å². The number of carbonyl (C=O) groups is 3. The molecule has 0 spiro atoms. The zero-order chi connectivity index (χ0) is 30.3. The lowest BCUT2D eigenvalue weighted by atomic mass is 9.57. The van der Waals surface area contributed by atoms with E-state index in [4.69, 9.17) is 5.73 Å². The van der Waals surface area contributed by atoms with Crippen molar-refractivity contribution in [1.29, 1.82) is 0 Å². The predicted molar refractivity (Wildman–Crippen MR) is 152 cm³/mol. The van der Waals surface area contributed by atoms with Crippen molar-refractivity contribution in [3.05, 3.63) is 39.7 Å². The van der Waals surface area contributed by atoms with Crippen LogP contribution in [-0.4, -0.2) is 99.6 Å². The highest BCUT2D eigenvalue weighted by Gasteiger charge is 2.64. The van der Waals surface area contributed by atoms with Crippen molar-refractivity contribution in [1.82, 2.24) is 9.80 Å². The van der Waals surface area contributed by atoms with Crippen LogP contribution in [0.3, 0.4) is 0 Å². The molecule has 6 atom stereocenters. The van der Waals surface area contributed by atoms with Crippen molar-refractivity contribution in [2.45, 2.75) is 69.8 Å². The summed E-state index contributed by atoms with van der Waals surface area (Å²) >= 11 is 0. The molecule has 2 fully saturated rings. The Kier molecular flexibility index (Phi) is 6.99. The van der Waals surface area contributed by atoms with Crippen molar-refractivity contribution < 1.29 is 34.8 Å². The summed E-state index contributed by atoms with van der Waals surface area (Å²) < 4.78 is 0. The number of rotatable bonds is 5. The first-order valence-corrected chi connectivity index (χ1v) is 14.1. The summed E-state index contributed by atoms with van der Waals surface area (Å²) in [7, 11) is 6.90. The summed E-state index contributed by atoms with van der Waals surface area (Å²) in [4.78, 5) is 45.3. The average Bonchev–Trinajstić information content (AvgIpc) is 3.19. The second kappa shape index (κ2) is 9.85. The van der Waals surface area contributed by atoms with Crippen molar-refractivity contribution in [3.8, 4) is 5.75 Å². The molecule has 1 aromatic rings. The lowest BCUT2D eigenvalue weighted by Crippen LogP contribution is -2.65. The number of benzene rings is 1. The number of phenols is 1. The number of anilines is 1. The summed E-state index contributed by atoms with van der Waals surface area (Å²) in [5.41, 5.74) is 3.97. The van der Waals surface area contributed by atoms with E-state index in [9.17, 15) is 34.8 Å². The minimum Gasteiger partial charge on any atom is -0.508 e. The summed E-state index contributed by atoms with van der Waals surface area (Å²) in [5, 5.41) is 46.1. The van der Waals surface area contributed by atoms with E-state index < -0.39 is 58.0 Å². The Balaban J connectivity index is 1.70. The molecule has 222 valence electrons. The third-order valence-corrected chi connectivity index (χ3v) is 9.75. The van der Waals surface area contributed by atoms with E-state index in [0.717, 1.165) is 18.5 Å². The van der Waals surface area contributed by atoms with Gasteiger partial charge in [-0.05, 0) is 71.2 Å². The summed E-state index contributed by atoms with van der Waals surface area (Å²) in [6, 6.07) is 1.45. The minimum atomic E-state index is -2.65. The maximum absolute atomic E-state index is 14.1. The highest BCUT2D eigenvalue weighted by atomic mass is 16.3. The number of aliphatic hydroxyl groups excluding tert-OH is 2. The van der Waals surface area contributed by atoms with Gasteiger partial charge in [0.25, 0.3) is 5.91 Å². The van der Waals surface area contributed by atoms with Gasteiger partial charge in [-0.15, -0.1) is 0 Å². The highest BCUT2D eigenvalue weighted by Crippen LogP contribution is 2.54. The van der Waals surface area contributed by atoms with Crippen molar-refractivity contribution in [2.24, 2.45) is 17.6 Å². The Labute approximate surface area is 239 Å². The Morgan fingerprint density at radius 2 is 1.71 bits per heavy atom. The molecule has 3 aliphatic carbocycles. The zero-order valence-corrected chi connectivity index (χ0v) is 24.4. The highest BCUT2D eigenvalue weighted by molar-refractivity contribution is 6.24. The molecule has 4 aliphatic rings. The van der Waals surface area contributed by atoms with E-state index in [1.54, 1.807) is 14.1 Å². The molecular formula is C30H40N4O7. The van der Waals surface area contributed by atoms with Crippen LogP contribution in [0.2, 0.25) is 0 Å². The molecule has 0 aromatic heterocycles. The van der Waals surface area contributed by atoms with Crippen molar-refractivity contribution >= 4 is 28.9 Å². The van der Waals surface area contributed by atoms with Crippen LogP contribution in [0.1, 0.15) is 49.8 Å². The average molecular weight is 569 g/mol. The first-order chi connectivity index (χ1) is 19.1. The molecule has 2 unspecified atom stereocenters. The van der Waals surface area contributed by atoms with Crippen LogP contribution in [0.15, 0.2) is 23.0 Å². The van der Waals surface area contributed by atoms with Gasteiger partial charge in [-0.25, -0.2) is 0 Å². The Hall–Kier alpha value is -3.41. The number of Topliss-reactive ketones (excluding diaryl/α,β-unsaturated/α-hetero) is 2. The molecular weight excluding hydrogens is 528 g/mol. The number of primary amides is 1. The van der Waals surface area contributed by atoms with Gasteiger partial charge in [0.05, 0.1) is 11.6 Å². The molecule has 41 heavy (non-hydrogen) atoms. The molecule has 5 rings (SSSR count). The molecule has 1 aliphatic heterocycles. The van der Waals surface area contributed by atoms with Gasteiger partial charge in [0, 0.05) is 55.5 Å². The molecule has 1 saturated carbocycles. The van der Waals surface area contributed by atoms with Crippen LogP contribution in [0.5, 0.6) is 5.75 Å². The number of fused-ring (bicyclic) bond motifs is 3. The Morgan fingerprint density at radius 3 is 2.24 bits per heavy atom. The molecule has 1 saturated heterocycles. The standard InChI is InChI=1S/C30H40N4O7/c1-13-7-8-14(2)34(13)12-16-11-19(32(3)4)17-9-15-10-18-23(33(5)6)26(37)22(29(31)40)28(39)30(18,41)27(38)20(15)25(36)21(17)24(16)35/h11,13-15,18,23,35-36,39,41H,7-10,12H2,1-6H3,(H2,31,40)/t13?,14?,15-,18-,23-,30-/m0/s1. The molecule has 1 heterocycles. The molecule has 11 nitrogen and oxygen atoms in total. The maximum atomic E-state index is 14.1. The van der Waals surface area contributed by atoms with E-state index in [-0.39, 0.29) is 29.7 Å². The topological polar surface area (TPSA) is 168 Å². The monoisotopic (exact) mass is 568 g/mol. The number of amides is 1. The van der Waals surface area contributed by atoms with Crippen LogP contribution in [-0.2, 0) is 27.3 Å². The lowest BCUT2D eigenvalue weighted by Gasteiger charge is -2.50. The van der Waals surface area contributed by atoms with E-state index in [2.05, 4.69) is 18.7 Å². The van der Waals surface area contributed by atoms with E-state index in [0.29, 0.717) is 29.8 Å². The predicted octanol–water partition coefficient (Wildman–Crippen LogP) is 1.40. The molecule has 6 N–H and O–H groups in total. The minimum absolute atomic E-state index is 0.0595. The second-order valence-electron chi connectivity index (χ2n) is 12.6. The fourth-order valence-corrected chi connectivity index (χ4v) is 7.62. The van der Waals surface area contributed by atoms with Gasteiger partial charge in [-0.2, -0.15) is 0 Å². The first kappa shape index (κ1) is 29.1. The summed E-state index contributed by atoms with van der Waals surface area (Å²) in [5.74, 6) is -6.42. The Morgan fingerprint density at radius 1 is 1.10 bits per heavy atom. The van der Waals surface area contributed by atoms with Crippen LogP contribution in [0.4, 0.5) is 5.69 Å². The maximum Gasteiger partial charge on any atom is 0.255 e. The molecule has 1 amide bonds. The van der Waals surface area contributed by atoms with Gasteiger partial charge in [0.15, 0.2) is 11.4 Å². The van der Waals surface area contributed by atoms with Gasteiger partial charge in [-0.3, -0.25) is 24.2 Å². The number of aromatic hydroxyl groups is 1. The van der Waals surface area contributed by atoms with Gasteiger partial charge < -0.3 is 31.1 Å². The fourth-order valence-electron chi connectivity index (χ4n) is 7.62.